The predicted molar refractivity (Wildman–Crippen MR) is 96.3 cm³/mol. The van der Waals surface area contributed by atoms with Gasteiger partial charge in [-0.15, -0.1) is 0 Å². The first kappa shape index (κ1) is 18.7. The van der Waals surface area contributed by atoms with Crippen LogP contribution in [0.5, 0.6) is 0 Å². The first-order valence-electron chi connectivity index (χ1n) is 8.85. The van der Waals surface area contributed by atoms with Gasteiger partial charge in [0.1, 0.15) is 5.82 Å². The van der Waals surface area contributed by atoms with Gasteiger partial charge in [-0.1, -0.05) is 26.3 Å². The Morgan fingerprint density at radius 2 is 2.25 bits per heavy atom. The fraction of sp³-hybridized carbons (Fsp3) is 0.632. The molecule has 0 spiro atoms. The van der Waals surface area contributed by atoms with Gasteiger partial charge in [-0.3, -0.25) is 4.99 Å². The predicted octanol–water partition coefficient (Wildman–Crippen LogP) is 3.30. The van der Waals surface area contributed by atoms with E-state index in [4.69, 9.17) is 0 Å². The van der Waals surface area contributed by atoms with Gasteiger partial charge in [0.25, 0.3) is 0 Å². The standard InChI is InChI=1S/C19H30FN3O/c1-4-8-19(2)9-5-10-23(14-19)18(21-3)22-12-15-6-7-17(20)16(11-15)13-24/h6-7,11,24H,4-5,8-10,12-14H2,1-3H3,(H,21,22). The Morgan fingerprint density at radius 1 is 1.46 bits per heavy atom. The molecule has 134 valence electrons. The zero-order valence-corrected chi connectivity index (χ0v) is 15.1. The number of aliphatic hydroxyl groups excluding tert-OH is 1. The van der Waals surface area contributed by atoms with Crippen LogP contribution < -0.4 is 5.32 Å². The highest BCUT2D eigenvalue weighted by Crippen LogP contribution is 2.33. The summed E-state index contributed by atoms with van der Waals surface area (Å²) in [6.45, 7) is 6.93. The Bertz CT molecular complexity index is 572. The molecule has 1 saturated heterocycles. The van der Waals surface area contributed by atoms with Gasteiger partial charge in [-0.25, -0.2) is 4.39 Å². The van der Waals surface area contributed by atoms with Crippen molar-refractivity contribution in [3.63, 3.8) is 0 Å². The molecule has 1 fully saturated rings. The Hall–Kier alpha value is -1.62. The number of hydrogen-bond donors (Lipinski definition) is 2. The van der Waals surface area contributed by atoms with Crippen molar-refractivity contribution < 1.29 is 9.50 Å². The van der Waals surface area contributed by atoms with E-state index in [2.05, 4.69) is 29.1 Å². The van der Waals surface area contributed by atoms with Gasteiger partial charge in [0.05, 0.1) is 6.61 Å². The summed E-state index contributed by atoms with van der Waals surface area (Å²) in [5, 5.41) is 12.6. The molecule has 1 atom stereocenters. The summed E-state index contributed by atoms with van der Waals surface area (Å²) in [7, 11) is 1.80. The number of guanidine groups is 1. The van der Waals surface area contributed by atoms with Crippen LogP contribution in [0.15, 0.2) is 23.2 Å². The molecule has 0 aliphatic carbocycles. The molecule has 2 N–H and O–H groups in total. The van der Waals surface area contributed by atoms with E-state index in [9.17, 15) is 9.50 Å². The van der Waals surface area contributed by atoms with Crippen LogP contribution in [0.2, 0.25) is 0 Å². The number of piperidine rings is 1. The average Bonchev–Trinajstić information content (AvgIpc) is 2.57. The molecule has 0 aromatic heterocycles. The molecule has 0 radical (unpaired) electrons. The molecule has 1 aromatic carbocycles. The minimum Gasteiger partial charge on any atom is -0.392 e. The SMILES string of the molecule is CCCC1(C)CCCN(C(=NC)NCc2ccc(F)c(CO)c2)C1. The van der Waals surface area contributed by atoms with Crippen LogP contribution in [0.25, 0.3) is 0 Å². The van der Waals surface area contributed by atoms with Crippen LogP contribution in [0.3, 0.4) is 0 Å². The average molecular weight is 335 g/mol. The van der Waals surface area contributed by atoms with Crippen LogP contribution in [-0.4, -0.2) is 36.1 Å². The van der Waals surface area contributed by atoms with E-state index in [0.717, 1.165) is 24.6 Å². The number of rotatable bonds is 5. The molecule has 1 aromatic rings. The third kappa shape index (κ3) is 4.69. The molecule has 1 unspecified atom stereocenters. The Morgan fingerprint density at radius 3 is 2.92 bits per heavy atom. The van der Waals surface area contributed by atoms with Crippen LogP contribution >= 0.6 is 0 Å². The topological polar surface area (TPSA) is 47.9 Å². The number of likely N-dealkylation sites (tertiary alicyclic amines) is 1. The zero-order chi connectivity index (χ0) is 17.6. The minimum absolute atomic E-state index is 0.282. The van der Waals surface area contributed by atoms with Crippen molar-refractivity contribution in [1.29, 1.82) is 0 Å². The van der Waals surface area contributed by atoms with Gasteiger partial charge in [-0.05, 0) is 42.4 Å². The van der Waals surface area contributed by atoms with Crippen molar-refractivity contribution in [2.75, 3.05) is 20.1 Å². The van der Waals surface area contributed by atoms with Gasteiger partial charge in [0, 0.05) is 32.2 Å². The molecule has 1 heterocycles. The first-order chi connectivity index (χ1) is 11.5. The van der Waals surface area contributed by atoms with E-state index in [1.807, 2.05) is 0 Å². The van der Waals surface area contributed by atoms with Gasteiger partial charge in [0.15, 0.2) is 5.96 Å². The lowest BCUT2D eigenvalue weighted by molar-refractivity contribution is 0.142. The maximum absolute atomic E-state index is 13.5. The highest BCUT2D eigenvalue weighted by Gasteiger charge is 2.31. The molecule has 2 rings (SSSR count). The lowest BCUT2D eigenvalue weighted by atomic mass is 9.78. The maximum atomic E-state index is 13.5. The molecule has 4 nitrogen and oxygen atoms in total. The molecule has 24 heavy (non-hydrogen) atoms. The fourth-order valence-electron chi connectivity index (χ4n) is 3.68. The summed E-state index contributed by atoms with van der Waals surface area (Å²) in [5.41, 5.74) is 1.62. The van der Waals surface area contributed by atoms with Crippen LogP contribution in [0, 0.1) is 11.2 Å². The van der Waals surface area contributed by atoms with Gasteiger partial charge in [0.2, 0.25) is 0 Å². The molecule has 0 amide bonds. The van der Waals surface area contributed by atoms with Crippen molar-refractivity contribution in [3.05, 3.63) is 35.1 Å². The van der Waals surface area contributed by atoms with E-state index in [0.29, 0.717) is 17.5 Å². The largest absolute Gasteiger partial charge is 0.392 e. The maximum Gasteiger partial charge on any atom is 0.193 e. The molecular formula is C19H30FN3O. The van der Waals surface area contributed by atoms with Crippen molar-refractivity contribution in [2.45, 2.75) is 52.7 Å². The monoisotopic (exact) mass is 335 g/mol. The van der Waals surface area contributed by atoms with Crippen LogP contribution in [0.1, 0.15) is 50.7 Å². The highest BCUT2D eigenvalue weighted by atomic mass is 19.1. The summed E-state index contributed by atoms with van der Waals surface area (Å²) in [5.74, 6) is 0.531. The van der Waals surface area contributed by atoms with E-state index in [-0.39, 0.29) is 12.4 Å². The van der Waals surface area contributed by atoms with Gasteiger partial charge < -0.3 is 15.3 Å². The summed E-state index contributed by atoms with van der Waals surface area (Å²) >= 11 is 0. The normalized spacial score (nSPS) is 21.9. The number of nitrogens with one attached hydrogen (secondary N) is 1. The van der Waals surface area contributed by atoms with E-state index in [1.54, 1.807) is 19.2 Å². The molecule has 0 saturated carbocycles. The number of hydrogen-bond acceptors (Lipinski definition) is 2. The Kier molecular flexibility index (Phi) is 6.60. The summed E-state index contributed by atoms with van der Waals surface area (Å²) in [6, 6.07) is 4.85. The number of nitrogens with zero attached hydrogens (tertiary/aromatic N) is 2. The third-order valence-corrected chi connectivity index (χ3v) is 4.88. The highest BCUT2D eigenvalue weighted by molar-refractivity contribution is 5.80. The second-order valence-corrected chi connectivity index (χ2v) is 7.07. The van der Waals surface area contributed by atoms with E-state index >= 15 is 0 Å². The van der Waals surface area contributed by atoms with Crippen molar-refractivity contribution in [1.82, 2.24) is 10.2 Å². The molecule has 0 bridgehead atoms. The smallest absolute Gasteiger partial charge is 0.193 e. The number of halogens is 1. The summed E-state index contributed by atoms with van der Waals surface area (Å²) in [4.78, 5) is 6.75. The van der Waals surface area contributed by atoms with Crippen LogP contribution in [0.4, 0.5) is 4.39 Å². The van der Waals surface area contributed by atoms with Gasteiger partial charge >= 0.3 is 0 Å². The van der Waals surface area contributed by atoms with Gasteiger partial charge in [-0.2, -0.15) is 0 Å². The fourth-order valence-corrected chi connectivity index (χ4v) is 3.68. The molecular weight excluding hydrogens is 305 g/mol. The number of aliphatic imine (C=N–C) groups is 1. The minimum atomic E-state index is -0.364. The summed E-state index contributed by atoms with van der Waals surface area (Å²) < 4.78 is 13.5. The van der Waals surface area contributed by atoms with Crippen molar-refractivity contribution in [2.24, 2.45) is 10.4 Å². The second kappa shape index (κ2) is 8.47. The lowest BCUT2D eigenvalue weighted by Gasteiger charge is -2.42. The molecule has 1 aliphatic heterocycles. The third-order valence-electron chi connectivity index (χ3n) is 4.88. The van der Waals surface area contributed by atoms with Crippen LogP contribution in [-0.2, 0) is 13.2 Å². The van der Waals surface area contributed by atoms with E-state index in [1.165, 1.54) is 31.7 Å². The summed E-state index contributed by atoms with van der Waals surface area (Å²) in [6.07, 6.45) is 4.89. The number of benzene rings is 1. The van der Waals surface area contributed by atoms with Crippen molar-refractivity contribution >= 4 is 5.96 Å². The van der Waals surface area contributed by atoms with E-state index < -0.39 is 0 Å². The first-order valence-corrected chi connectivity index (χ1v) is 8.85. The second-order valence-electron chi connectivity index (χ2n) is 7.07. The quantitative estimate of drug-likeness (QED) is 0.641. The number of aliphatic hydroxyl groups is 1. The Balaban J connectivity index is 1.99. The molecule has 5 heteroatoms. The Labute approximate surface area is 144 Å². The zero-order valence-electron chi connectivity index (χ0n) is 15.1. The lowest BCUT2D eigenvalue weighted by Crippen LogP contribution is -2.49. The van der Waals surface area contributed by atoms with Crippen molar-refractivity contribution in [3.8, 4) is 0 Å². The molecule has 1 aliphatic rings.